The zero-order valence-electron chi connectivity index (χ0n) is 16.8. The maximum atomic E-state index is 13.1. The van der Waals surface area contributed by atoms with Gasteiger partial charge in [0.25, 0.3) is 5.91 Å². The van der Waals surface area contributed by atoms with Crippen molar-refractivity contribution in [2.45, 2.75) is 33.2 Å². The van der Waals surface area contributed by atoms with Gasteiger partial charge in [-0.1, -0.05) is 12.1 Å². The number of carbonyl (C=O) groups is 3. The topological polar surface area (TPSA) is 84.9 Å². The highest BCUT2D eigenvalue weighted by molar-refractivity contribution is 6.11. The molecule has 3 amide bonds. The number of aryl methyl sites for hydroxylation is 3. The monoisotopic (exact) mass is 394 g/mol. The molecule has 0 aliphatic carbocycles. The number of fused-ring (bicyclic) bond motifs is 1. The van der Waals surface area contributed by atoms with Crippen molar-refractivity contribution in [1.82, 2.24) is 10.2 Å². The number of nitrogens with zero attached hydrogens (tertiary/aromatic N) is 1. The van der Waals surface area contributed by atoms with Crippen molar-refractivity contribution in [3.8, 4) is 11.5 Å². The van der Waals surface area contributed by atoms with Crippen molar-refractivity contribution in [2.75, 3.05) is 13.3 Å². The highest BCUT2D eigenvalue weighted by Gasteiger charge is 2.50. The van der Waals surface area contributed by atoms with E-state index in [1.165, 1.54) is 0 Å². The molecule has 1 atom stereocenters. The van der Waals surface area contributed by atoms with E-state index < -0.39 is 17.5 Å². The highest BCUT2D eigenvalue weighted by atomic mass is 16.7. The van der Waals surface area contributed by atoms with Crippen molar-refractivity contribution < 1.29 is 23.9 Å². The van der Waals surface area contributed by atoms with Crippen LogP contribution in [0.25, 0.3) is 0 Å². The van der Waals surface area contributed by atoms with Gasteiger partial charge in [0.2, 0.25) is 6.79 Å². The van der Waals surface area contributed by atoms with Gasteiger partial charge < -0.3 is 14.8 Å². The number of rotatable bonds is 4. The molecule has 4 rings (SSSR count). The number of ketones is 1. The molecule has 150 valence electrons. The molecular formula is C22H22N2O5. The third-order valence-corrected chi connectivity index (χ3v) is 5.67. The molecule has 2 aromatic rings. The normalized spacial score (nSPS) is 20.2. The Balaban J connectivity index is 1.60. The summed E-state index contributed by atoms with van der Waals surface area (Å²) in [5.41, 5.74) is 2.70. The lowest BCUT2D eigenvalue weighted by Crippen LogP contribution is -2.41. The second-order valence-corrected chi connectivity index (χ2v) is 7.69. The van der Waals surface area contributed by atoms with Gasteiger partial charge in [-0.05, 0) is 68.1 Å². The minimum Gasteiger partial charge on any atom is -0.454 e. The van der Waals surface area contributed by atoms with Crippen molar-refractivity contribution in [2.24, 2.45) is 0 Å². The van der Waals surface area contributed by atoms with Crippen LogP contribution >= 0.6 is 0 Å². The van der Waals surface area contributed by atoms with Crippen LogP contribution in [-0.2, 0) is 10.3 Å². The lowest BCUT2D eigenvalue weighted by atomic mass is 9.91. The number of nitrogens with one attached hydrogen (secondary N) is 1. The fourth-order valence-corrected chi connectivity index (χ4v) is 3.73. The first kappa shape index (κ1) is 19.0. The maximum Gasteiger partial charge on any atom is 0.325 e. The molecule has 0 radical (unpaired) electrons. The summed E-state index contributed by atoms with van der Waals surface area (Å²) in [7, 11) is 0. The van der Waals surface area contributed by atoms with Gasteiger partial charge in [-0.15, -0.1) is 0 Å². The molecule has 0 unspecified atom stereocenters. The number of benzene rings is 2. The van der Waals surface area contributed by atoms with E-state index in [1.54, 1.807) is 25.1 Å². The number of amides is 3. The van der Waals surface area contributed by atoms with E-state index in [0.29, 0.717) is 22.6 Å². The van der Waals surface area contributed by atoms with E-state index in [9.17, 15) is 14.4 Å². The number of imide groups is 1. The van der Waals surface area contributed by atoms with Crippen LogP contribution < -0.4 is 14.8 Å². The van der Waals surface area contributed by atoms with Crippen LogP contribution in [0, 0.1) is 20.8 Å². The predicted molar refractivity (Wildman–Crippen MR) is 105 cm³/mol. The first-order valence-electron chi connectivity index (χ1n) is 9.36. The van der Waals surface area contributed by atoms with Crippen LogP contribution in [0.2, 0.25) is 0 Å². The number of carbonyl (C=O) groups excluding carboxylic acids is 3. The summed E-state index contributed by atoms with van der Waals surface area (Å²) < 4.78 is 10.7. The molecule has 2 aliphatic heterocycles. The Kier molecular flexibility index (Phi) is 4.33. The van der Waals surface area contributed by atoms with Crippen LogP contribution in [0.1, 0.15) is 39.5 Å². The molecule has 0 saturated carbocycles. The average Bonchev–Trinajstić information content (AvgIpc) is 3.23. The minimum atomic E-state index is -1.28. The Morgan fingerprint density at radius 2 is 1.72 bits per heavy atom. The fraction of sp³-hybridized carbons (Fsp3) is 0.318. The summed E-state index contributed by atoms with van der Waals surface area (Å²) in [4.78, 5) is 39.5. The van der Waals surface area contributed by atoms with Crippen molar-refractivity contribution in [3.05, 3.63) is 58.1 Å². The Hall–Kier alpha value is -3.35. The van der Waals surface area contributed by atoms with Gasteiger partial charge in [-0.3, -0.25) is 14.5 Å². The average molecular weight is 394 g/mol. The Morgan fingerprint density at radius 1 is 1.03 bits per heavy atom. The SMILES string of the molecule is Cc1cc(C)c(C(=O)CN2C(=O)N[C@@](C)(c3ccc4c(c3)OCO4)C2=O)cc1C. The first-order chi connectivity index (χ1) is 13.7. The van der Waals surface area contributed by atoms with Gasteiger partial charge in [0.05, 0.1) is 6.54 Å². The summed E-state index contributed by atoms with van der Waals surface area (Å²) in [6, 6.07) is 8.25. The minimum absolute atomic E-state index is 0.117. The molecule has 2 heterocycles. The smallest absolute Gasteiger partial charge is 0.325 e. The lowest BCUT2D eigenvalue weighted by molar-refractivity contribution is -0.130. The Bertz CT molecular complexity index is 1060. The second-order valence-electron chi connectivity index (χ2n) is 7.69. The quantitative estimate of drug-likeness (QED) is 0.637. The van der Waals surface area contributed by atoms with Crippen LogP contribution in [0.5, 0.6) is 11.5 Å². The molecule has 0 spiro atoms. The van der Waals surface area contributed by atoms with Gasteiger partial charge in [-0.2, -0.15) is 0 Å². The summed E-state index contributed by atoms with van der Waals surface area (Å²) in [6.45, 7) is 7.18. The van der Waals surface area contributed by atoms with Crippen molar-refractivity contribution in [3.63, 3.8) is 0 Å². The predicted octanol–water partition coefficient (Wildman–Crippen LogP) is 2.99. The number of hydrogen-bond acceptors (Lipinski definition) is 5. The van der Waals surface area contributed by atoms with Crippen LogP contribution in [0.3, 0.4) is 0 Å². The number of hydrogen-bond donors (Lipinski definition) is 1. The van der Waals surface area contributed by atoms with Crippen molar-refractivity contribution in [1.29, 1.82) is 0 Å². The van der Waals surface area contributed by atoms with Gasteiger partial charge in [0, 0.05) is 5.56 Å². The summed E-state index contributed by atoms with van der Waals surface area (Å²) >= 11 is 0. The molecule has 2 aliphatic rings. The largest absolute Gasteiger partial charge is 0.454 e. The number of ether oxygens (including phenoxy) is 2. The highest BCUT2D eigenvalue weighted by Crippen LogP contribution is 2.37. The Morgan fingerprint density at radius 3 is 2.48 bits per heavy atom. The summed E-state index contributed by atoms with van der Waals surface area (Å²) in [6.07, 6.45) is 0. The van der Waals surface area contributed by atoms with Crippen molar-refractivity contribution >= 4 is 17.7 Å². The van der Waals surface area contributed by atoms with Gasteiger partial charge in [0.15, 0.2) is 17.3 Å². The second kappa shape index (κ2) is 6.62. The number of urea groups is 1. The van der Waals surface area contributed by atoms with E-state index in [0.717, 1.165) is 21.6 Å². The molecule has 7 heteroatoms. The van der Waals surface area contributed by atoms with Gasteiger partial charge in [0.1, 0.15) is 5.54 Å². The lowest BCUT2D eigenvalue weighted by Gasteiger charge is -2.22. The molecule has 1 fully saturated rings. The molecule has 0 aromatic heterocycles. The van der Waals surface area contributed by atoms with E-state index in [2.05, 4.69) is 5.32 Å². The maximum absolute atomic E-state index is 13.1. The summed E-state index contributed by atoms with van der Waals surface area (Å²) in [5.74, 6) is 0.359. The third kappa shape index (κ3) is 3.03. The van der Waals surface area contributed by atoms with E-state index in [4.69, 9.17) is 9.47 Å². The standard InChI is InChI=1S/C22H22N2O5/c1-12-7-14(3)16(8-13(12)2)17(25)10-24-20(26)22(4,23-21(24)27)15-5-6-18-19(9-15)29-11-28-18/h5-9H,10-11H2,1-4H3,(H,23,27)/t22-/m0/s1. The third-order valence-electron chi connectivity index (χ3n) is 5.67. The zero-order chi connectivity index (χ0) is 20.9. The van der Waals surface area contributed by atoms with Crippen LogP contribution in [-0.4, -0.2) is 36.0 Å². The van der Waals surface area contributed by atoms with E-state index >= 15 is 0 Å². The van der Waals surface area contributed by atoms with Gasteiger partial charge >= 0.3 is 6.03 Å². The van der Waals surface area contributed by atoms with E-state index in [1.807, 2.05) is 32.9 Å². The van der Waals surface area contributed by atoms with Crippen LogP contribution in [0.15, 0.2) is 30.3 Å². The number of Topliss-reactive ketones (excluding diaryl/α,β-unsaturated/α-hetero) is 1. The van der Waals surface area contributed by atoms with Crippen LogP contribution in [0.4, 0.5) is 4.79 Å². The molecule has 1 saturated heterocycles. The van der Waals surface area contributed by atoms with E-state index in [-0.39, 0.29) is 19.1 Å². The summed E-state index contributed by atoms with van der Waals surface area (Å²) in [5, 5.41) is 2.72. The Labute approximate surface area is 168 Å². The molecule has 0 bridgehead atoms. The molecular weight excluding hydrogens is 372 g/mol. The zero-order valence-corrected chi connectivity index (χ0v) is 16.8. The molecule has 29 heavy (non-hydrogen) atoms. The van der Waals surface area contributed by atoms with Gasteiger partial charge in [-0.25, -0.2) is 4.79 Å². The molecule has 1 N–H and O–H groups in total. The molecule has 2 aromatic carbocycles. The molecule has 7 nitrogen and oxygen atoms in total. The first-order valence-corrected chi connectivity index (χ1v) is 9.36. The fourth-order valence-electron chi connectivity index (χ4n) is 3.73.